The van der Waals surface area contributed by atoms with E-state index in [1.54, 1.807) is 0 Å². The van der Waals surface area contributed by atoms with Crippen molar-refractivity contribution in [3.63, 3.8) is 0 Å². The maximum atomic E-state index is 10.9. The third-order valence-corrected chi connectivity index (χ3v) is 3.01. The van der Waals surface area contributed by atoms with Crippen LogP contribution < -0.4 is 0 Å². The fourth-order valence-electron chi connectivity index (χ4n) is 1.63. The summed E-state index contributed by atoms with van der Waals surface area (Å²) < 4.78 is 0. The van der Waals surface area contributed by atoms with Gasteiger partial charge in [-0.1, -0.05) is 30.3 Å². The van der Waals surface area contributed by atoms with Crippen molar-refractivity contribution in [1.29, 1.82) is 0 Å². The van der Waals surface area contributed by atoms with E-state index in [9.17, 15) is 9.90 Å². The molecule has 0 fully saturated rings. The predicted octanol–water partition coefficient (Wildman–Crippen LogP) is 1.81. The standard InChI is InChI=1S/C12H16ClNO3/c1-14(12(16)17)10(11(15)8-13)7-9-5-3-2-4-6-9/h2-6,10-11,15H,7-8H2,1H3,(H,16,17). The van der Waals surface area contributed by atoms with Gasteiger partial charge in [-0.15, -0.1) is 11.6 Å². The molecule has 1 rings (SSSR count). The highest BCUT2D eigenvalue weighted by atomic mass is 35.5. The van der Waals surface area contributed by atoms with E-state index < -0.39 is 18.2 Å². The van der Waals surface area contributed by atoms with Gasteiger partial charge in [0.05, 0.1) is 18.0 Å². The predicted molar refractivity (Wildman–Crippen MR) is 66.4 cm³/mol. The molecule has 5 heteroatoms. The van der Waals surface area contributed by atoms with Crippen LogP contribution in [0.4, 0.5) is 4.79 Å². The number of benzene rings is 1. The summed E-state index contributed by atoms with van der Waals surface area (Å²) in [5.41, 5.74) is 0.967. The number of rotatable bonds is 5. The number of alkyl halides is 1. The van der Waals surface area contributed by atoms with E-state index in [-0.39, 0.29) is 5.88 Å². The number of aliphatic hydroxyl groups is 1. The number of aliphatic hydroxyl groups excluding tert-OH is 1. The lowest BCUT2D eigenvalue weighted by Crippen LogP contribution is -2.46. The van der Waals surface area contributed by atoms with Crippen molar-refractivity contribution < 1.29 is 15.0 Å². The average molecular weight is 258 g/mol. The molecule has 17 heavy (non-hydrogen) atoms. The number of carboxylic acid groups (broad SMARTS) is 1. The molecule has 1 aromatic carbocycles. The number of likely N-dealkylation sites (N-methyl/N-ethyl adjacent to an activating group) is 1. The van der Waals surface area contributed by atoms with Gasteiger partial charge >= 0.3 is 6.09 Å². The number of halogens is 1. The fraction of sp³-hybridized carbons (Fsp3) is 0.417. The second kappa shape index (κ2) is 6.47. The van der Waals surface area contributed by atoms with E-state index in [0.717, 1.165) is 10.5 Å². The van der Waals surface area contributed by atoms with Crippen LogP contribution in [0.3, 0.4) is 0 Å². The zero-order valence-electron chi connectivity index (χ0n) is 9.58. The van der Waals surface area contributed by atoms with Crippen molar-refractivity contribution in [3.8, 4) is 0 Å². The Bertz CT molecular complexity index is 358. The molecular weight excluding hydrogens is 242 g/mol. The van der Waals surface area contributed by atoms with Crippen LogP contribution in [0.1, 0.15) is 5.56 Å². The third kappa shape index (κ3) is 3.91. The first kappa shape index (κ1) is 13.8. The molecule has 2 atom stereocenters. The Labute approximate surface area is 105 Å². The topological polar surface area (TPSA) is 60.8 Å². The lowest BCUT2D eigenvalue weighted by atomic mass is 10.0. The molecule has 0 bridgehead atoms. The van der Waals surface area contributed by atoms with Crippen LogP contribution >= 0.6 is 11.6 Å². The molecule has 0 saturated heterocycles. The van der Waals surface area contributed by atoms with Gasteiger partial charge in [0.15, 0.2) is 0 Å². The van der Waals surface area contributed by atoms with Gasteiger partial charge in [0.2, 0.25) is 0 Å². The number of hydrogen-bond donors (Lipinski definition) is 2. The van der Waals surface area contributed by atoms with Gasteiger partial charge in [-0.05, 0) is 12.0 Å². The minimum absolute atomic E-state index is 0.00905. The molecule has 4 nitrogen and oxygen atoms in total. The summed E-state index contributed by atoms with van der Waals surface area (Å²) in [7, 11) is 1.44. The highest BCUT2D eigenvalue weighted by Gasteiger charge is 2.26. The van der Waals surface area contributed by atoms with Crippen molar-refractivity contribution in [2.45, 2.75) is 18.6 Å². The van der Waals surface area contributed by atoms with Crippen molar-refractivity contribution in [1.82, 2.24) is 4.90 Å². The molecule has 1 amide bonds. The number of hydrogen-bond acceptors (Lipinski definition) is 2. The molecule has 94 valence electrons. The Morgan fingerprint density at radius 3 is 2.47 bits per heavy atom. The highest BCUT2D eigenvalue weighted by Crippen LogP contribution is 2.12. The van der Waals surface area contributed by atoms with Gasteiger partial charge in [-0.2, -0.15) is 0 Å². The van der Waals surface area contributed by atoms with Crippen molar-refractivity contribution in [2.24, 2.45) is 0 Å². The average Bonchev–Trinajstić information content (AvgIpc) is 2.35. The summed E-state index contributed by atoms with van der Waals surface area (Å²) in [4.78, 5) is 12.0. The van der Waals surface area contributed by atoms with Crippen LogP contribution in [0, 0.1) is 0 Å². The number of carbonyl (C=O) groups is 1. The zero-order valence-corrected chi connectivity index (χ0v) is 10.3. The van der Waals surface area contributed by atoms with Crippen LogP contribution in [-0.2, 0) is 6.42 Å². The summed E-state index contributed by atoms with van der Waals surface area (Å²) in [6, 6.07) is 8.89. The Morgan fingerprint density at radius 2 is 2.00 bits per heavy atom. The van der Waals surface area contributed by atoms with Crippen molar-refractivity contribution >= 4 is 17.7 Å². The minimum Gasteiger partial charge on any atom is -0.465 e. The van der Waals surface area contributed by atoms with Crippen LogP contribution in [-0.4, -0.2) is 46.3 Å². The Hall–Kier alpha value is -1.26. The molecular formula is C12H16ClNO3. The molecule has 0 aliphatic carbocycles. The van der Waals surface area contributed by atoms with Gasteiger partial charge in [0.1, 0.15) is 0 Å². The molecule has 0 aliphatic heterocycles. The molecule has 2 N–H and O–H groups in total. The lowest BCUT2D eigenvalue weighted by Gasteiger charge is -2.29. The molecule has 1 aromatic rings. The first-order chi connectivity index (χ1) is 8.06. The van der Waals surface area contributed by atoms with Crippen LogP contribution in [0.25, 0.3) is 0 Å². The first-order valence-electron chi connectivity index (χ1n) is 5.30. The second-order valence-corrected chi connectivity index (χ2v) is 4.18. The first-order valence-corrected chi connectivity index (χ1v) is 5.83. The summed E-state index contributed by atoms with van der Waals surface area (Å²) in [6.07, 6.45) is -1.51. The van der Waals surface area contributed by atoms with Crippen LogP contribution in [0.5, 0.6) is 0 Å². The van der Waals surface area contributed by atoms with E-state index in [1.807, 2.05) is 30.3 Å². The van der Waals surface area contributed by atoms with Gasteiger partial charge in [-0.25, -0.2) is 4.79 Å². The monoisotopic (exact) mass is 257 g/mol. The normalized spacial score (nSPS) is 14.1. The summed E-state index contributed by atoms with van der Waals surface area (Å²) in [5.74, 6) is 0.00905. The van der Waals surface area contributed by atoms with Gasteiger partial charge in [-0.3, -0.25) is 0 Å². The number of amides is 1. The number of nitrogens with zero attached hydrogens (tertiary/aromatic N) is 1. The Balaban J connectivity index is 2.81. The van der Waals surface area contributed by atoms with E-state index in [2.05, 4.69) is 0 Å². The Morgan fingerprint density at radius 1 is 1.41 bits per heavy atom. The van der Waals surface area contributed by atoms with Crippen molar-refractivity contribution in [2.75, 3.05) is 12.9 Å². The quantitative estimate of drug-likeness (QED) is 0.791. The highest BCUT2D eigenvalue weighted by molar-refractivity contribution is 6.18. The smallest absolute Gasteiger partial charge is 0.407 e. The van der Waals surface area contributed by atoms with Crippen molar-refractivity contribution in [3.05, 3.63) is 35.9 Å². The lowest BCUT2D eigenvalue weighted by molar-refractivity contribution is 0.0720. The second-order valence-electron chi connectivity index (χ2n) is 3.87. The van der Waals surface area contributed by atoms with E-state index in [1.165, 1.54) is 7.05 Å². The molecule has 0 saturated carbocycles. The van der Waals surface area contributed by atoms with Crippen LogP contribution in [0.2, 0.25) is 0 Å². The molecule has 0 radical (unpaired) electrons. The third-order valence-electron chi connectivity index (χ3n) is 2.69. The van der Waals surface area contributed by atoms with E-state index >= 15 is 0 Å². The fourth-order valence-corrected chi connectivity index (χ4v) is 1.84. The van der Waals surface area contributed by atoms with Gasteiger partial charge in [0.25, 0.3) is 0 Å². The maximum absolute atomic E-state index is 10.9. The Kier molecular flexibility index (Phi) is 5.25. The van der Waals surface area contributed by atoms with Gasteiger partial charge in [0, 0.05) is 7.05 Å². The van der Waals surface area contributed by atoms with Crippen LogP contribution in [0.15, 0.2) is 30.3 Å². The zero-order chi connectivity index (χ0) is 12.8. The molecule has 0 aromatic heterocycles. The van der Waals surface area contributed by atoms with E-state index in [4.69, 9.17) is 16.7 Å². The summed E-state index contributed by atoms with van der Waals surface area (Å²) in [5, 5.41) is 18.7. The summed E-state index contributed by atoms with van der Waals surface area (Å²) >= 11 is 5.59. The largest absolute Gasteiger partial charge is 0.465 e. The van der Waals surface area contributed by atoms with E-state index in [0.29, 0.717) is 6.42 Å². The molecule has 0 spiro atoms. The molecule has 2 unspecified atom stereocenters. The van der Waals surface area contributed by atoms with Gasteiger partial charge < -0.3 is 15.1 Å². The minimum atomic E-state index is -1.07. The summed E-state index contributed by atoms with van der Waals surface area (Å²) in [6.45, 7) is 0. The SMILES string of the molecule is CN(C(=O)O)C(Cc1ccccc1)C(O)CCl. The molecule has 0 heterocycles. The molecule has 0 aliphatic rings. The maximum Gasteiger partial charge on any atom is 0.407 e.